The SMILES string of the molecule is CCOC(=O)N1CCN(C(=O)c2cnc3c(c2)c(=O)[nH]c(=O)n3C)CC1. The molecule has 0 bridgehead atoms. The first-order chi connectivity index (χ1) is 12.4. The summed E-state index contributed by atoms with van der Waals surface area (Å²) in [4.78, 5) is 57.4. The van der Waals surface area contributed by atoms with Crippen molar-refractivity contribution in [3.05, 3.63) is 38.7 Å². The third-order valence-electron chi connectivity index (χ3n) is 4.29. The van der Waals surface area contributed by atoms with Crippen molar-refractivity contribution in [2.75, 3.05) is 32.8 Å². The molecule has 1 saturated heterocycles. The molecule has 0 saturated carbocycles. The van der Waals surface area contributed by atoms with Crippen molar-refractivity contribution in [2.24, 2.45) is 7.05 Å². The Labute approximate surface area is 148 Å². The number of hydrogen-bond acceptors (Lipinski definition) is 6. The van der Waals surface area contributed by atoms with Crippen LogP contribution in [0.1, 0.15) is 17.3 Å². The molecular weight excluding hydrogens is 342 g/mol. The molecule has 0 spiro atoms. The van der Waals surface area contributed by atoms with E-state index in [2.05, 4.69) is 9.97 Å². The molecule has 2 aromatic heterocycles. The van der Waals surface area contributed by atoms with Crippen LogP contribution in [0.25, 0.3) is 11.0 Å². The normalized spacial score (nSPS) is 14.5. The Morgan fingerprint density at radius 1 is 1.19 bits per heavy atom. The largest absolute Gasteiger partial charge is 0.450 e. The Bertz CT molecular complexity index is 971. The molecular formula is C16H19N5O5. The minimum absolute atomic E-state index is 0.170. The monoisotopic (exact) mass is 361 g/mol. The van der Waals surface area contributed by atoms with E-state index in [0.29, 0.717) is 32.8 Å². The van der Waals surface area contributed by atoms with Gasteiger partial charge in [0, 0.05) is 39.4 Å². The van der Waals surface area contributed by atoms with E-state index in [9.17, 15) is 19.2 Å². The number of piperazine rings is 1. The van der Waals surface area contributed by atoms with Crippen molar-refractivity contribution >= 4 is 23.0 Å². The Morgan fingerprint density at radius 3 is 2.50 bits per heavy atom. The van der Waals surface area contributed by atoms with Crippen LogP contribution in [0, 0.1) is 0 Å². The predicted molar refractivity (Wildman–Crippen MR) is 92.1 cm³/mol. The summed E-state index contributed by atoms with van der Waals surface area (Å²) >= 11 is 0. The maximum atomic E-state index is 12.7. The van der Waals surface area contributed by atoms with E-state index in [0.717, 1.165) is 0 Å². The van der Waals surface area contributed by atoms with E-state index in [4.69, 9.17) is 4.74 Å². The molecule has 1 aliphatic heterocycles. The molecule has 0 aliphatic carbocycles. The number of hydrogen-bond donors (Lipinski definition) is 1. The Hall–Kier alpha value is -3.17. The predicted octanol–water partition coefficient (Wildman–Crippen LogP) is -0.464. The number of pyridine rings is 1. The van der Waals surface area contributed by atoms with Crippen LogP contribution in [-0.2, 0) is 11.8 Å². The zero-order chi connectivity index (χ0) is 18.8. The van der Waals surface area contributed by atoms with E-state index < -0.39 is 11.2 Å². The Kier molecular flexibility index (Phi) is 4.74. The maximum absolute atomic E-state index is 12.7. The van der Waals surface area contributed by atoms with Gasteiger partial charge in [-0.25, -0.2) is 14.6 Å². The zero-order valence-electron chi connectivity index (χ0n) is 14.5. The first-order valence-electron chi connectivity index (χ1n) is 8.22. The van der Waals surface area contributed by atoms with E-state index in [1.807, 2.05) is 0 Å². The van der Waals surface area contributed by atoms with Gasteiger partial charge in [-0.1, -0.05) is 0 Å². The fourth-order valence-corrected chi connectivity index (χ4v) is 2.84. The van der Waals surface area contributed by atoms with Crippen molar-refractivity contribution in [3.8, 4) is 0 Å². The van der Waals surface area contributed by atoms with Gasteiger partial charge in [0.15, 0.2) is 0 Å². The van der Waals surface area contributed by atoms with Crippen LogP contribution >= 0.6 is 0 Å². The molecule has 0 atom stereocenters. The summed E-state index contributed by atoms with van der Waals surface area (Å²) in [5.74, 6) is -0.281. The number of ether oxygens (including phenoxy) is 1. The maximum Gasteiger partial charge on any atom is 0.409 e. The van der Waals surface area contributed by atoms with Gasteiger partial charge in [0.25, 0.3) is 11.5 Å². The number of rotatable bonds is 2. The second-order valence-corrected chi connectivity index (χ2v) is 5.89. The number of amides is 2. The molecule has 1 N–H and O–H groups in total. The van der Waals surface area contributed by atoms with E-state index >= 15 is 0 Å². The van der Waals surface area contributed by atoms with Crippen LogP contribution in [0.3, 0.4) is 0 Å². The molecule has 10 nitrogen and oxygen atoms in total. The number of nitrogens with one attached hydrogen (secondary N) is 1. The summed E-state index contributed by atoms with van der Waals surface area (Å²) in [5.41, 5.74) is -0.685. The fourth-order valence-electron chi connectivity index (χ4n) is 2.84. The summed E-state index contributed by atoms with van der Waals surface area (Å²) in [6.45, 7) is 3.51. The Morgan fingerprint density at radius 2 is 1.85 bits per heavy atom. The molecule has 10 heteroatoms. The number of aromatic nitrogens is 3. The fraction of sp³-hybridized carbons (Fsp3) is 0.438. The second-order valence-electron chi connectivity index (χ2n) is 5.89. The minimum atomic E-state index is -0.586. The molecule has 26 heavy (non-hydrogen) atoms. The molecule has 1 aliphatic rings. The third-order valence-corrected chi connectivity index (χ3v) is 4.29. The van der Waals surface area contributed by atoms with Crippen LogP contribution in [0.5, 0.6) is 0 Å². The van der Waals surface area contributed by atoms with Gasteiger partial charge in [0.05, 0.1) is 17.6 Å². The first-order valence-corrected chi connectivity index (χ1v) is 8.22. The topological polar surface area (TPSA) is 118 Å². The van der Waals surface area contributed by atoms with Crippen molar-refractivity contribution in [1.82, 2.24) is 24.3 Å². The van der Waals surface area contributed by atoms with Gasteiger partial charge in [0.1, 0.15) is 5.65 Å². The van der Waals surface area contributed by atoms with Crippen LogP contribution in [-0.4, -0.2) is 69.1 Å². The van der Waals surface area contributed by atoms with Gasteiger partial charge in [-0.2, -0.15) is 0 Å². The molecule has 0 unspecified atom stereocenters. The van der Waals surface area contributed by atoms with Gasteiger partial charge in [-0.05, 0) is 13.0 Å². The average molecular weight is 361 g/mol. The van der Waals surface area contributed by atoms with E-state index in [1.165, 1.54) is 23.9 Å². The average Bonchev–Trinajstić information content (AvgIpc) is 2.65. The molecule has 3 rings (SSSR count). The number of H-pyrrole nitrogens is 1. The number of nitrogens with zero attached hydrogens (tertiary/aromatic N) is 4. The summed E-state index contributed by atoms with van der Waals surface area (Å²) < 4.78 is 6.16. The number of aryl methyl sites for hydroxylation is 1. The van der Waals surface area contributed by atoms with E-state index in [1.54, 1.807) is 16.7 Å². The smallest absolute Gasteiger partial charge is 0.409 e. The van der Waals surface area contributed by atoms with Crippen LogP contribution in [0.15, 0.2) is 21.9 Å². The highest BCUT2D eigenvalue weighted by atomic mass is 16.6. The van der Waals surface area contributed by atoms with Gasteiger partial charge in [-0.3, -0.25) is 19.1 Å². The highest BCUT2D eigenvalue weighted by molar-refractivity contribution is 5.96. The molecule has 1 fully saturated rings. The van der Waals surface area contributed by atoms with E-state index in [-0.39, 0.29) is 28.6 Å². The highest BCUT2D eigenvalue weighted by Gasteiger charge is 2.26. The minimum Gasteiger partial charge on any atom is -0.450 e. The summed E-state index contributed by atoms with van der Waals surface area (Å²) in [7, 11) is 1.49. The summed E-state index contributed by atoms with van der Waals surface area (Å²) in [6.07, 6.45) is 0.959. The highest BCUT2D eigenvalue weighted by Crippen LogP contribution is 2.12. The molecule has 2 aromatic rings. The van der Waals surface area contributed by atoms with Crippen LogP contribution in [0.2, 0.25) is 0 Å². The first kappa shape index (κ1) is 17.6. The lowest BCUT2D eigenvalue weighted by Crippen LogP contribution is -2.50. The van der Waals surface area contributed by atoms with Gasteiger partial charge in [0.2, 0.25) is 0 Å². The lowest BCUT2D eigenvalue weighted by atomic mass is 10.2. The van der Waals surface area contributed by atoms with Crippen molar-refractivity contribution < 1.29 is 14.3 Å². The third kappa shape index (κ3) is 3.17. The molecule has 3 heterocycles. The molecule has 0 aromatic carbocycles. The summed E-state index contributed by atoms with van der Waals surface area (Å²) in [6, 6.07) is 1.43. The second kappa shape index (κ2) is 6.98. The van der Waals surface area contributed by atoms with Crippen molar-refractivity contribution in [2.45, 2.75) is 6.92 Å². The van der Waals surface area contributed by atoms with Crippen molar-refractivity contribution in [3.63, 3.8) is 0 Å². The molecule has 138 valence electrons. The lowest BCUT2D eigenvalue weighted by Gasteiger charge is -2.34. The zero-order valence-corrected chi connectivity index (χ0v) is 14.5. The van der Waals surface area contributed by atoms with Gasteiger partial charge >= 0.3 is 11.8 Å². The Balaban J connectivity index is 1.80. The molecule has 0 radical (unpaired) electrons. The number of carbonyl (C=O) groups is 2. The van der Waals surface area contributed by atoms with Gasteiger partial charge in [-0.15, -0.1) is 0 Å². The quantitative estimate of drug-likeness (QED) is 0.773. The number of aromatic amines is 1. The number of carbonyl (C=O) groups excluding carboxylic acids is 2. The summed E-state index contributed by atoms with van der Waals surface area (Å²) in [5, 5.41) is 0.170. The van der Waals surface area contributed by atoms with Crippen LogP contribution in [0.4, 0.5) is 4.79 Å². The standard InChI is InChI=1S/C16H19N5O5/c1-3-26-16(25)21-6-4-20(5-7-21)14(23)10-8-11-12(17-9-10)19(2)15(24)18-13(11)22/h8-9H,3-7H2,1-2H3,(H,18,22,24). The van der Waals surface area contributed by atoms with Crippen LogP contribution < -0.4 is 11.2 Å². The molecule has 2 amide bonds. The number of fused-ring (bicyclic) bond motifs is 1. The van der Waals surface area contributed by atoms with Crippen molar-refractivity contribution in [1.29, 1.82) is 0 Å². The lowest BCUT2D eigenvalue weighted by molar-refractivity contribution is 0.0570. The van der Waals surface area contributed by atoms with Gasteiger partial charge < -0.3 is 14.5 Å².